The van der Waals surface area contributed by atoms with E-state index in [1.54, 1.807) is 23.1 Å². The molecule has 1 N–H and O–H groups in total. The highest BCUT2D eigenvalue weighted by atomic mass is 35.5. The zero-order valence-electron chi connectivity index (χ0n) is 18.9. The van der Waals surface area contributed by atoms with E-state index in [1.165, 1.54) is 24.3 Å². The number of aliphatic hydroxyl groups excluding tert-OH is 1. The molecular weight excluding hydrogens is 469 g/mol. The van der Waals surface area contributed by atoms with Crippen LogP contribution in [0.15, 0.2) is 47.4 Å². The summed E-state index contributed by atoms with van der Waals surface area (Å²) in [5, 5.41) is 10.6. The largest absolute Gasteiger partial charge is 0.396 e. The van der Waals surface area contributed by atoms with Crippen molar-refractivity contribution in [1.29, 1.82) is 0 Å². The third-order valence-electron chi connectivity index (χ3n) is 5.95. The Balaban J connectivity index is 2.10. The Morgan fingerprint density at radius 2 is 1.75 bits per heavy atom. The predicted molar refractivity (Wildman–Crippen MR) is 129 cm³/mol. The van der Waals surface area contributed by atoms with Crippen LogP contribution in [0.3, 0.4) is 0 Å². The van der Waals surface area contributed by atoms with E-state index in [9.17, 15) is 18.3 Å². The van der Waals surface area contributed by atoms with Crippen LogP contribution >= 0.6 is 23.2 Å². The van der Waals surface area contributed by atoms with Crippen molar-refractivity contribution in [2.75, 3.05) is 11.5 Å². The SMILES string of the molecule is CC(C)N(C(=O)C(C)(C)C)c1ccc(C2(S(=O)(=O)c3ccc(Cl)cc3)CC2CO)cc1Cl. The fourth-order valence-corrected chi connectivity index (χ4v) is 6.81. The normalized spacial score (nSPS) is 21.0. The molecule has 2 aromatic rings. The van der Waals surface area contributed by atoms with Crippen LogP contribution in [0.5, 0.6) is 0 Å². The van der Waals surface area contributed by atoms with Crippen LogP contribution in [0.2, 0.25) is 10.0 Å². The van der Waals surface area contributed by atoms with Gasteiger partial charge in [0.25, 0.3) is 0 Å². The molecular formula is C24H29Cl2NO4S. The number of sulfone groups is 1. The van der Waals surface area contributed by atoms with Crippen molar-refractivity contribution < 1.29 is 18.3 Å². The molecule has 32 heavy (non-hydrogen) atoms. The average Bonchev–Trinajstić information content (AvgIpc) is 3.45. The van der Waals surface area contributed by atoms with Gasteiger partial charge in [-0.3, -0.25) is 4.79 Å². The zero-order valence-corrected chi connectivity index (χ0v) is 21.2. The molecule has 3 rings (SSSR count). The van der Waals surface area contributed by atoms with Gasteiger partial charge in [0.05, 0.1) is 15.6 Å². The standard InChI is InChI=1S/C24H29Cl2NO4S/c1-15(2)27(22(29)23(3,4)5)21-11-6-16(12-20(21)26)24(13-17(24)14-28)32(30,31)19-9-7-18(25)8-10-19/h6-12,15,17,28H,13-14H2,1-5H3. The van der Waals surface area contributed by atoms with Crippen molar-refractivity contribution in [1.82, 2.24) is 0 Å². The molecule has 1 fully saturated rings. The molecule has 1 aliphatic carbocycles. The minimum absolute atomic E-state index is 0.0784. The molecule has 2 aromatic carbocycles. The van der Waals surface area contributed by atoms with E-state index in [-0.39, 0.29) is 23.5 Å². The summed E-state index contributed by atoms with van der Waals surface area (Å²) in [7, 11) is -3.82. The second-order valence-electron chi connectivity index (χ2n) is 9.62. The van der Waals surface area contributed by atoms with Gasteiger partial charge in [0.15, 0.2) is 9.84 Å². The molecule has 8 heteroatoms. The number of rotatable bonds is 6. The van der Waals surface area contributed by atoms with Gasteiger partial charge in [0.1, 0.15) is 4.75 Å². The third-order valence-corrected chi connectivity index (χ3v) is 9.09. The maximum absolute atomic E-state index is 13.6. The summed E-state index contributed by atoms with van der Waals surface area (Å²) in [6, 6.07) is 10.9. The smallest absolute Gasteiger partial charge is 0.232 e. The lowest BCUT2D eigenvalue weighted by molar-refractivity contribution is -0.126. The number of anilines is 1. The summed E-state index contributed by atoms with van der Waals surface area (Å²) in [6.45, 7) is 9.09. The fraction of sp³-hybridized carbons (Fsp3) is 0.458. The molecule has 1 amide bonds. The lowest BCUT2D eigenvalue weighted by Gasteiger charge is -2.33. The highest BCUT2D eigenvalue weighted by Crippen LogP contribution is 2.60. The number of carbonyl (C=O) groups excluding carboxylic acids is 1. The summed E-state index contributed by atoms with van der Waals surface area (Å²) in [6.07, 6.45) is 0.291. The van der Waals surface area contributed by atoms with Crippen LogP contribution in [-0.2, 0) is 19.4 Å². The highest BCUT2D eigenvalue weighted by Gasteiger charge is 2.64. The summed E-state index contributed by atoms with van der Waals surface area (Å²) < 4.78 is 26.0. The van der Waals surface area contributed by atoms with E-state index in [0.717, 1.165) is 0 Å². The van der Waals surface area contributed by atoms with E-state index in [2.05, 4.69) is 0 Å². The first-order valence-electron chi connectivity index (χ1n) is 10.5. The molecule has 0 spiro atoms. The first-order chi connectivity index (χ1) is 14.8. The second kappa shape index (κ2) is 8.64. The maximum atomic E-state index is 13.6. The van der Waals surface area contributed by atoms with Crippen LogP contribution in [0, 0.1) is 11.3 Å². The Kier molecular flexibility index (Phi) is 6.76. The predicted octanol–water partition coefficient (Wildman–Crippen LogP) is 5.46. The van der Waals surface area contributed by atoms with Crippen molar-refractivity contribution in [2.45, 2.75) is 56.7 Å². The number of nitrogens with zero attached hydrogens (tertiary/aromatic N) is 1. The van der Waals surface area contributed by atoms with Gasteiger partial charge in [-0.15, -0.1) is 0 Å². The van der Waals surface area contributed by atoms with E-state index in [0.29, 0.717) is 27.7 Å². The Hall–Kier alpha value is -1.60. The van der Waals surface area contributed by atoms with Gasteiger partial charge in [-0.05, 0) is 62.2 Å². The summed E-state index contributed by atoms with van der Waals surface area (Å²) in [5.41, 5.74) is 0.432. The average molecular weight is 498 g/mol. The third kappa shape index (κ3) is 4.18. The number of amides is 1. The summed E-state index contributed by atoms with van der Waals surface area (Å²) in [4.78, 5) is 14.8. The van der Waals surface area contributed by atoms with Crippen LogP contribution in [-0.4, -0.2) is 32.1 Å². The van der Waals surface area contributed by atoms with E-state index in [1.807, 2.05) is 34.6 Å². The number of hydrogen-bond acceptors (Lipinski definition) is 4. The molecule has 0 bridgehead atoms. The zero-order chi connectivity index (χ0) is 24.1. The van der Waals surface area contributed by atoms with E-state index < -0.39 is 25.9 Å². The highest BCUT2D eigenvalue weighted by molar-refractivity contribution is 7.92. The number of halogens is 2. The topological polar surface area (TPSA) is 74.7 Å². The van der Waals surface area contributed by atoms with Crippen molar-refractivity contribution >= 4 is 44.6 Å². The number of aliphatic hydroxyl groups is 1. The van der Waals surface area contributed by atoms with Gasteiger partial charge in [0.2, 0.25) is 5.91 Å². The summed E-state index contributed by atoms with van der Waals surface area (Å²) in [5.74, 6) is -0.521. The first kappa shape index (κ1) is 25.0. The quantitative estimate of drug-likeness (QED) is 0.574. The number of hydrogen-bond donors (Lipinski definition) is 1. The Morgan fingerprint density at radius 1 is 1.16 bits per heavy atom. The van der Waals surface area contributed by atoms with Crippen LogP contribution in [0.25, 0.3) is 0 Å². The molecule has 2 unspecified atom stereocenters. The van der Waals surface area contributed by atoms with Gasteiger partial charge in [0, 0.05) is 29.0 Å². The molecule has 1 saturated carbocycles. The van der Waals surface area contributed by atoms with Gasteiger partial charge in [-0.25, -0.2) is 8.42 Å². The van der Waals surface area contributed by atoms with Crippen molar-refractivity contribution in [3.05, 3.63) is 58.1 Å². The van der Waals surface area contributed by atoms with Gasteiger partial charge >= 0.3 is 0 Å². The Bertz CT molecular complexity index is 1120. The van der Waals surface area contributed by atoms with Crippen LogP contribution in [0.1, 0.15) is 46.6 Å². The van der Waals surface area contributed by atoms with Gasteiger partial charge < -0.3 is 10.0 Å². The second-order valence-corrected chi connectivity index (χ2v) is 12.7. The van der Waals surface area contributed by atoms with Gasteiger partial charge in [-0.2, -0.15) is 0 Å². The van der Waals surface area contributed by atoms with Crippen LogP contribution in [0.4, 0.5) is 5.69 Å². The molecule has 1 aliphatic rings. The molecule has 0 radical (unpaired) electrons. The molecule has 5 nitrogen and oxygen atoms in total. The van der Waals surface area contributed by atoms with Crippen molar-refractivity contribution in [3.8, 4) is 0 Å². The van der Waals surface area contributed by atoms with Crippen molar-refractivity contribution in [3.63, 3.8) is 0 Å². The molecule has 0 aliphatic heterocycles. The Morgan fingerprint density at radius 3 is 2.19 bits per heavy atom. The fourth-order valence-electron chi connectivity index (χ4n) is 4.13. The van der Waals surface area contributed by atoms with E-state index in [4.69, 9.17) is 23.2 Å². The molecule has 2 atom stereocenters. The van der Waals surface area contributed by atoms with Crippen LogP contribution < -0.4 is 4.90 Å². The monoisotopic (exact) mass is 497 g/mol. The minimum Gasteiger partial charge on any atom is -0.396 e. The molecule has 0 heterocycles. The lowest BCUT2D eigenvalue weighted by Crippen LogP contribution is -2.44. The minimum atomic E-state index is -3.82. The number of benzene rings is 2. The number of carbonyl (C=O) groups is 1. The van der Waals surface area contributed by atoms with E-state index >= 15 is 0 Å². The molecule has 0 saturated heterocycles. The lowest BCUT2D eigenvalue weighted by atomic mass is 9.93. The summed E-state index contributed by atoms with van der Waals surface area (Å²) >= 11 is 12.6. The molecule has 174 valence electrons. The van der Waals surface area contributed by atoms with Crippen molar-refractivity contribution in [2.24, 2.45) is 11.3 Å². The van der Waals surface area contributed by atoms with Gasteiger partial charge in [-0.1, -0.05) is 50.0 Å². The Labute approximate surface area is 200 Å². The molecule has 0 aromatic heterocycles. The maximum Gasteiger partial charge on any atom is 0.232 e. The first-order valence-corrected chi connectivity index (χ1v) is 12.8.